The van der Waals surface area contributed by atoms with Crippen LogP contribution >= 0.6 is 0 Å². The quantitative estimate of drug-likeness (QED) is 0.670. The molecule has 0 fully saturated rings. The Bertz CT molecular complexity index is 192. The van der Waals surface area contributed by atoms with Crippen LogP contribution in [0.1, 0.15) is 27.7 Å². The van der Waals surface area contributed by atoms with E-state index in [-0.39, 0.29) is 0 Å². The zero-order valence-corrected chi connectivity index (χ0v) is 10.00. The van der Waals surface area contributed by atoms with Crippen LogP contribution in [-0.4, -0.2) is 23.9 Å². The first-order valence-corrected chi connectivity index (χ1v) is 4.86. The molecule has 0 saturated carbocycles. The van der Waals surface area contributed by atoms with Gasteiger partial charge < -0.3 is 4.90 Å². The lowest BCUT2D eigenvalue weighted by molar-refractivity contribution is 0.767. The minimum atomic E-state index is 1.14. The number of rotatable bonds is 1. The smallest absolute Gasteiger partial charge is 0.0747 e. The van der Waals surface area contributed by atoms with Gasteiger partial charge >= 0.3 is 0 Å². The van der Waals surface area contributed by atoms with E-state index in [0.717, 1.165) is 5.69 Å². The van der Waals surface area contributed by atoms with E-state index in [9.17, 15) is 0 Å². The van der Waals surface area contributed by atoms with E-state index in [0.29, 0.717) is 0 Å². The molecule has 1 aromatic rings. The Balaban J connectivity index is 0. The summed E-state index contributed by atoms with van der Waals surface area (Å²) < 4.78 is 1.79. The van der Waals surface area contributed by atoms with Crippen molar-refractivity contribution >= 4 is 5.69 Å². The normalized spacial score (nSPS) is 7.62. The van der Waals surface area contributed by atoms with Crippen LogP contribution in [0.25, 0.3) is 0 Å². The van der Waals surface area contributed by atoms with E-state index in [2.05, 4.69) is 5.10 Å². The highest BCUT2D eigenvalue weighted by molar-refractivity contribution is 5.39. The van der Waals surface area contributed by atoms with Crippen LogP contribution in [0.2, 0.25) is 0 Å². The first kappa shape index (κ1) is 14.5. The van der Waals surface area contributed by atoms with E-state index in [1.165, 1.54) is 0 Å². The Morgan fingerprint density at radius 2 is 1.62 bits per heavy atom. The summed E-state index contributed by atoms with van der Waals surface area (Å²) in [6.45, 7) is 8.00. The molecule has 1 aromatic heterocycles. The van der Waals surface area contributed by atoms with Gasteiger partial charge in [0.05, 0.1) is 11.9 Å². The molecule has 0 saturated heterocycles. The maximum absolute atomic E-state index is 4.01. The van der Waals surface area contributed by atoms with E-state index in [1.54, 1.807) is 4.68 Å². The highest BCUT2D eigenvalue weighted by Crippen LogP contribution is 2.05. The summed E-state index contributed by atoms with van der Waals surface area (Å²) in [7, 11) is 5.90. The molecule has 0 aliphatic carbocycles. The van der Waals surface area contributed by atoms with Gasteiger partial charge in [0.2, 0.25) is 0 Å². The van der Waals surface area contributed by atoms with Crippen molar-refractivity contribution in [1.82, 2.24) is 9.78 Å². The molecular formula is C10H23N3. The summed E-state index contributed by atoms with van der Waals surface area (Å²) in [5.41, 5.74) is 1.14. The van der Waals surface area contributed by atoms with E-state index >= 15 is 0 Å². The average molecular weight is 185 g/mol. The summed E-state index contributed by atoms with van der Waals surface area (Å²) in [4.78, 5) is 2.02. The van der Waals surface area contributed by atoms with Crippen molar-refractivity contribution in [1.29, 1.82) is 0 Å². The number of hydrogen-bond donors (Lipinski definition) is 0. The van der Waals surface area contributed by atoms with Gasteiger partial charge in [0.15, 0.2) is 0 Å². The van der Waals surface area contributed by atoms with Gasteiger partial charge in [0.1, 0.15) is 0 Å². The number of aromatic nitrogens is 2. The molecule has 78 valence electrons. The molecule has 0 spiro atoms. The molecule has 0 radical (unpaired) electrons. The van der Waals surface area contributed by atoms with Crippen LogP contribution in [0.5, 0.6) is 0 Å². The molecule has 13 heavy (non-hydrogen) atoms. The van der Waals surface area contributed by atoms with Gasteiger partial charge in [-0.05, 0) is 0 Å². The van der Waals surface area contributed by atoms with Gasteiger partial charge in [-0.2, -0.15) is 5.10 Å². The lowest BCUT2D eigenvalue weighted by atomic mass is 10.5. The SMILES string of the molecule is CC.CC.CN(C)c1cnn(C)c1. The third-order valence-corrected chi connectivity index (χ3v) is 1.21. The van der Waals surface area contributed by atoms with Crippen molar-refractivity contribution in [2.24, 2.45) is 7.05 Å². The summed E-state index contributed by atoms with van der Waals surface area (Å²) in [6.07, 6.45) is 3.81. The maximum Gasteiger partial charge on any atom is 0.0747 e. The van der Waals surface area contributed by atoms with Crippen molar-refractivity contribution in [2.45, 2.75) is 27.7 Å². The molecule has 0 aromatic carbocycles. The Kier molecular flexibility index (Phi) is 10.2. The van der Waals surface area contributed by atoms with Gasteiger partial charge in [0, 0.05) is 27.3 Å². The first-order chi connectivity index (χ1) is 6.20. The first-order valence-electron chi connectivity index (χ1n) is 4.86. The predicted octanol–water partition coefficient (Wildman–Crippen LogP) is 2.54. The molecule has 3 heteroatoms. The van der Waals surface area contributed by atoms with E-state index in [1.807, 2.05) is 66.1 Å². The lowest BCUT2D eigenvalue weighted by Crippen LogP contribution is -2.07. The second-order valence-electron chi connectivity index (χ2n) is 2.27. The number of hydrogen-bond acceptors (Lipinski definition) is 2. The van der Waals surface area contributed by atoms with Crippen LogP contribution in [0.15, 0.2) is 12.4 Å². The summed E-state index contributed by atoms with van der Waals surface area (Å²) in [6, 6.07) is 0. The minimum absolute atomic E-state index is 1.14. The third kappa shape index (κ3) is 6.20. The molecule has 1 rings (SSSR count). The third-order valence-electron chi connectivity index (χ3n) is 1.21. The fourth-order valence-electron chi connectivity index (χ4n) is 0.639. The van der Waals surface area contributed by atoms with Crippen molar-refractivity contribution < 1.29 is 0 Å². The average Bonchev–Trinajstić information content (AvgIpc) is 2.59. The summed E-state index contributed by atoms with van der Waals surface area (Å²) >= 11 is 0. The zero-order valence-electron chi connectivity index (χ0n) is 10.00. The van der Waals surface area contributed by atoms with Gasteiger partial charge in [-0.15, -0.1) is 0 Å². The predicted molar refractivity (Wildman–Crippen MR) is 60.2 cm³/mol. The molecule has 0 aliphatic heterocycles. The van der Waals surface area contributed by atoms with Gasteiger partial charge in [-0.1, -0.05) is 27.7 Å². The van der Waals surface area contributed by atoms with Crippen LogP contribution in [0.4, 0.5) is 5.69 Å². The largest absolute Gasteiger partial charge is 0.375 e. The van der Waals surface area contributed by atoms with Crippen LogP contribution in [-0.2, 0) is 7.05 Å². The fraction of sp³-hybridized carbons (Fsp3) is 0.700. The number of nitrogens with zero attached hydrogens (tertiary/aromatic N) is 3. The van der Waals surface area contributed by atoms with Crippen LogP contribution < -0.4 is 4.90 Å². The monoisotopic (exact) mass is 185 g/mol. The number of anilines is 1. The Morgan fingerprint density at radius 1 is 1.15 bits per heavy atom. The van der Waals surface area contributed by atoms with E-state index in [4.69, 9.17) is 0 Å². The summed E-state index contributed by atoms with van der Waals surface area (Å²) in [5, 5.41) is 4.01. The van der Waals surface area contributed by atoms with Crippen molar-refractivity contribution in [3.05, 3.63) is 12.4 Å². The molecule has 3 nitrogen and oxygen atoms in total. The molecule has 0 amide bonds. The molecular weight excluding hydrogens is 162 g/mol. The van der Waals surface area contributed by atoms with Gasteiger partial charge in [-0.25, -0.2) is 0 Å². The van der Waals surface area contributed by atoms with Gasteiger partial charge in [-0.3, -0.25) is 4.68 Å². The second-order valence-corrected chi connectivity index (χ2v) is 2.27. The van der Waals surface area contributed by atoms with Crippen LogP contribution in [0, 0.1) is 0 Å². The van der Waals surface area contributed by atoms with E-state index < -0.39 is 0 Å². The molecule has 0 unspecified atom stereocenters. The van der Waals surface area contributed by atoms with Crippen molar-refractivity contribution in [2.75, 3.05) is 19.0 Å². The Hall–Kier alpha value is -0.990. The maximum atomic E-state index is 4.01. The zero-order chi connectivity index (χ0) is 10.9. The fourth-order valence-corrected chi connectivity index (χ4v) is 0.639. The summed E-state index contributed by atoms with van der Waals surface area (Å²) in [5.74, 6) is 0. The standard InChI is InChI=1S/C6H11N3.2C2H6/c1-8(2)6-4-7-9(3)5-6;2*1-2/h4-5H,1-3H3;2*1-2H3. The molecule has 1 heterocycles. The lowest BCUT2D eigenvalue weighted by Gasteiger charge is -2.06. The highest BCUT2D eigenvalue weighted by Gasteiger charge is 1.94. The topological polar surface area (TPSA) is 21.1 Å². The molecule has 0 aliphatic rings. The molecule has 0 N–H and O–H groups in total. The van der Waals surface area contributed by atoms with Crippen molar-refractivity contribution in [3.63, 3.8) is 0 Å². The minimum Gasteiger partial charge on any atom is -0.375 e. The Morgan fingerprint density at radius 3 is 1.77 bits per heavy atom. The van der Waals surface area contributed by atoms with Crippen LogP contribution in [0.3, 0.4) is 0 Å². The van der Waals surface area contributed by atoms with Crippen molar-refractivity contribution in [3.8, 4) is 0 Å². The number of aryl methyl sites for hydroxylation is 1. The highest BCUT2D eigenvalue weighted by atomic mass is 15.3. The van der Waals surface area contributed by atoms with Gasteiger partial charge in [0.25, 0.3) is 0 Å². The second kappa shape index (κ2) is 9.10. The Labute approximate surface area is 82.4 Å². The molecule has 0 atom stereocenters. The molecule has 0 bridgehead atoms.